The lowest BCUT2D eigenvalue weighted by atomic mass is 10.0. The first-order valence-corrected chi connectivity index (χ1v) is 5.03. The predicted octanol–water partition coefficient (Wildman–Crippen LogP) is 1.66. The molecule has 1 N–H and O–H groups in total. The summed E-state index contributed by atoms with van der Waals surface area (Å²) in [7, 11) is 0. The highest BCUT2D eigenvalue weighted by Crippen LogP contribution is 2.11. The van der Waals surface area contributed by atoms with Crippen LogP contribution in [0, 0.1) is 0 Å². The van der Waals surface area contributed by atoms with Gasteiger partial charge in [-0.2, -0.15) is 0 Å². The van der Waals surface area contributed by atoms with Crippen LogP contribution in [0.5, 0.6) is 0 Å². The number of ketones is 1. The fraction of sp³-hybridized carbons (Fsp3) is 0.273. The van der Waals surface area contributed by atoms with E-state index >= 15 is 0 Å². The molecule has 0 aliphatic rings. The van der Waals surface area contributed by atoms with Gasteiger partial charge >= 0.3 is 5.97 Å². The van der Waals surface area contributed by atoms with Crippen molar-refractivity contribution in [3.05, 3.63) is 35.4 Å². The monoisotopic (exact) mass is 226 g/mol. The summed E-state index contributed by atoms with van der Waals surface area (Å²) in [6.07, 6.45) is 0.138. The molecule has 0 heterocycles. The zero-order valence-electron chi connectivity index (χ0n) is 8.07. The van der Waals surface area contributed by atoms with Gasteiger partial charge in [0.1, 0.15) is 0 Å². The van der Waals surface area contributed by atoms with Crippen molar-refractivity contribution in [2.75, 3.05) is 5.88 Å². The normalized spacial score (nSPS) is 9.93. The lowest BCUT2D eigenvalue weighted by Crippen LogP contribution is -2.09. The average Bonchev–Trinajstić information content (AvgIpc) is 2.20. The Morgan fingerprint density at radius 2 is 1.67 bits per heavy atom. The van der Waals surface area contributed by atoms with Gasteiger partial charge in [0.2, 0.25) is 0 Å². The van der Waals surface area contributed by atoms with Crippen molar-refractivity contribution in [3.63, 3.8) is 0 Å². The Hall–Kier alpha value is -1.35. The van der Waals surface area contributed by atoms with Gasteiger partial charge in [-0.3, -0.25) is 9.59 Å². The number of rotatable bonds is 5. The van der Waals surface area contributed by atoms with Crippen molar-refractivity contribution in [2.24, 2.45) is 0 Å². The van der Waals surface area contributed by atoms with Crippen LogP contribution >= 0.6 is 11.6 Å². The van der Waals surface area contributed by atoms with Crippen LogP contribution in [-0.4, -0.2) is 22.7 Å². The Bertz CT molecular complexity index is 374. The smallest absolute Gasteiger partial charge is 0.307 e. The van der Waals surface area contributed by atoms with Crippen LogP contribution in [0.25, 0.3) is 0 Å². The summed E-state index contributed by atoms with van der Waals surface area (Å²) in [6, 6.07) is 7.00. The average molecular weight is 227 g/mol. The molecule has 0 radical (unpaired) electrons. The SMILES string of the molecule is O=C(O)Cc1ccccc1CC(=O)CCl. The lowest BCUT2D eigenvalue weighted by molar-refractivity contribution is -0.136. The van der Waals surface area contributed by atoms with Crippen LogP contribution in [0.2, 0.25) is 0 Å². The summed E-state index contributed by atoms with van der Waals surface area (Å²) in [6.45, 7) is 0. The molecule has 0 spiro atoms. The third-order valence-corrected chi connectivity index (χ3v) is 2.29. The van der Waals surface area contributed by atoms with E-state index in [9.17, 15) is 9.59 Å². The summed E-state index contributed by atoms with van der Waals surface area (Å²) in [5, 5.41) is 8.67. The fourth-order valence-electron chi connectivity index (χ4n) is 1.32. The van der Waals surface area contributed by atoms with Crippen molar-refractivity contribution in [2.45, 2.75) is 12.8 Å². The Morgan fingerprint density at radius 3 is 2.13 bits per heavy atom. The molecular weight excluding hydrogens is 216 g/mol. The van der Waals surface area contributed by atoms with E-state index in [1.807, 2.05) is 0 Å². The van der Waals surface area contributed by atoms with Crippen molar-refractivity contribution < 1.29 is 14.7 Å². The standard InChI is InChI=1S/C11H11ClO3/c12-7-10(13)5-8-3-1-2-4-9(8)6-11(14)15/h1-4H,5-7H2,(H,14,15). The number of carbonyl (C=O) groups is 2. The Labute approximate surface area is 92.7 Å². The van der Waals surface area contributed by atoms with E-state index in [0.717, 1.165) is 5.56 Å². The first-order valence-electron chi connectivity index (χ1n) is 4.49. The van der Waals surface area contributed by atoms with E-state index < -0.39 is 5.97 Å². The van der Waals surface area contributed by atoms with E-state index in [0.29, 0.717) is 5.56 Å². The molecule has 4 heteroatoms. The van der Waals surface area contributed by atoms with Crippen LogP contribution in [0.15, 0.2) is 24.3 Å². The molecule has 0 saturated heterocycles. The predicted molar refractivity (Wildman–Crippen MR) is 57.2 cm³/mol. The van der Waals surface area contributed by atoms with Crippen molar-refractivity contribution in [1.82, 2.24) is 0 Å². The van der Waals surface area contributed by atoms with Crippen LogP contribution in [0.1, 0.15) is 11.1 Å². The first-order chi connectivity index (χ1) is 7.13. The molecule has 0 aliphatic heterocycles. The first kappa shape index (κ1) is 11.7. The number of hydrogen-bond acceptors (Lipinski definition) is 2. The fourth-order valence-corrected chi connectivity index (χ4v) is 1.42. The van der Waals surface area contributed by atoms with Gasteiger partial charge in [0.15, 0.2) is 5.78 Å². The van der Waals surface area contributed by atoms with Gasteiger partial charge in [-0.15, -0.1) is 11.6 Å². The number of aliphatic carboxylic acids is 1. The molecule has 0 aromatic heterocycles. The molecule has 0 fully saturated rings. The number of alkyl halides is 1. The van der Waals surface area contributed by atoms with Gasteiger partial charge in [-0.25, -0.2) is 0 Å². The van der Waals surface area contributed by atoms with Crippen molar-refractivity contribution in [3.8, 4) is 0 Å². The maximum Gasteiger partial charge on any atom is 0.307 e. The van der Waals surface area contributed by atoms with Crippen molar-refractivity contribution in [1.29, 1.82) is 0 Å². The summed E-state index contributed by atoms with van der Waals surface area (Å²) >= 11 is 5.39. The van der Waals surface area contributed by atoms with Crippen LogP contribution in [0.3, 0.4) is 0 Å². The lowest BCUT2D eigenvalue weighted by Gasteiger charge is -2.05. The highest BCUT2D eigenvalue weighted by Gasteiger charge is 2.09. The number of hydrogen-bond donors (Lipinski definition) is 1. The zero-order chi connectivity index (χ0) is 11.3. The molecule has 1 rings (SSSR count). The Morgan fingerprint density at radius 1 is 1.13 bits per heavy atom. The second-order valence-electron chi connectivity index (χ2n) is 3.19. The Balaban J connectivity index is 2.85. The minimum Gasteiger partial charge on any atom is -0.481 e. The topological polar surface area (TPSA) is 54.4 Å². The van der Waals surface area contributed by atoms with E-state index in [4.69, 9.17) is 16.7 Å². The van der Waals surface area contributed by atoms with E-state index in [-0.39, 0.29) is 24.5 Å². The molecule has 0 bridgehead atoms. The van der Waals surface area contributed by atoms with Gasteiger partial charge in [-0.1, -0.05) is 24.3 Å². The summed E-state index contributed by atoms with van der Waals surface area (Å²) < 4.78 is 0. The van der Waals surface area contributed by atoms with Gasteiger partial charge in [-0.05, 0) is 11.1 Å². The summed E-state index contributed by atoms with van der Waals surface area (Å²) in [5.74, 6) is -1.04. The third-order valence-electron chi connectivity index (χ3n) is 2.00. The maximum absolute atomic E-state index is 11.1. The summed E-state index contributed by atoms with van der Waals surface area (Å²) in [4.78, 5) is 21.7. The quantitative estimate of drug-likeness (QED) is 0.777. The minimum atomic E-state index is -0.902. The number of carbonyl (C=O) groups excluding carboxylic acids is 1. The molecule has 0 saturated carbocycles. The van der Waals surface area contributed by atoms with Gasteiger partial charge < -0.3 is 5.11 Å². The van der Waals surface area contributed by atoms with Crippen molar-refractivity contribution >= 4 is 23.4 Å². The Kier molecular flexibility index (Phi) is 4.31. The van der Waals surface area contributed by atoms with Crippen LogP contribution in [-0.2, 0) is 22.4 Å². The molecule has 0 atom stereocenters. The molecule has 15 heavy (non-hydrogen) atoms. The largest absolute Gasteiger partial charge is 0.481 e. The second-order valence-corrected chi connectivity index (χ2v) is 3.46. The molecule has 0 amide bonds. The van der Waals surface area contributed by atoms with Gasteiger partial charge in [0.05, 0.1) is 12.3 Å². The number of halogens is 1. The number of carboxylic acids is 1. The van der Waals surface area contributed by atoms with E-state index in [1.165, 1.54) is 0 Å². The molecule has 1 aromatic rings. The highest BCUT2D eigenvalue weighted by atomic mass is 35.5. The van der Waals surface area contributed by atoms with Crippen LogP contribution < -0.4 is 0 Å². The van der Waals surface area contributed by atoms with E-state index in [2.05, 4.69) is 0 Å². The van der Waals surface area contributed by atoms with E-state index in [1.54, 1.807) is 24.3 Å². The molecule has 80 valence electrons. The number of carboxylic acid groups (broad SMARTS) is 1. The van der Waals surface area contributed by atoms with Gasteiger partial charge in [0, 0.05) is 6.42 Å². The number of Topliss-reactive ketones (excluding diaryl/α,β-unsaturated/α-hetero) is 1. The van der Waals surface area contributed by atoms with Crippen LogP contribution in [0.4, 0.5) is 0 Å². The number of benzene rings is 1. The zero-order valence-corrected chi connectivity index (χ0v) is 8.83. The summed E-state index contributed by atoms with van der Waals surface area (Å²) in [5.41, 5.74) is 1.41. The third kappa shape index (κ3) is 3.72. The molecule has 0 aliphatic carbocycles. The molecule has 1 aromatic carbocycles. The molecule has 3 nitrogen and oxygen atoms in total. The maximum atomic E-state index is 11.1. The highest BCUT2D eigenvalue weighted by molar-refractivity contribution is 6.27. The molecule has 0 unspecified atom stereocenters. The minimum absolute atomic E-state index is 0.0403. The van der Waals surface area contributed by atoms with Gasteiger partial charge in [0.25, 0.3) is 0 Å². The molecular formula is C11H11ClO3. The second kappa shape index (κ2) is 5.51.